The van der Waals surface area contributed by atoms with Gasteiger partial charge in [0, 0.05) is 26.9 Å². The minimum Gasteiger partial charge on any atom is -0.423 e. The molecule has 0 aliphatic carbocycles. The largest absolute Gasteiger partial charge is 0.423 e. The third kappa shape index (κ3) is 4.09. The molecule has 0 saturated heterocycles. The lowest BCUT2D eigenvalue weighted by molar-refractivity contribution is -0.131. The Bertz CT molecular complexity index is 896. The molecule has 0 atom stereocenters. The summed E-state index contributed by atoms with van der Waals surface area (Å²) >= 11 is 6.09. The molecule has 0 bridgehead atoms. The molecule has 0 amide bonds. The number of carbonyl (C=O) groups is 2. The number of hydrogen-bond acceptors (Lipinski definition) is 4. The van der Waals surface area contributed by atoms with Crippen LogP contribution in [-0.4, -0.2) is 11.9 Å². The molecule has 5 heteroatoms. The zero-order chi connectivity index (χ0) is 18.7. The van der Waals surface area contributed by atoms with Crippen LogP contribution in [0.4, 0.5) is 0 Å². The first kappa shape index (κ1) is 18.7. The molecular formula is C20H19ClO4. The fourth-order valence-electron chi connectivity index (χ4n) is 2.23. The molecule has 0 spiro atoms. The van der Waals surface area contributed by atoms with Crippen LogP contribution in [0.1, 0.15) is 26.3 Å². The zero-order valence-corrected chi connectivity index (χ0v) is 15.2. The van der Waals surface area contributed by atoms with Gasteiger partial charge < -0.3 is 9.47 Å². The smallest absolute Gasteiger partial charge is 0.338 e. The van der Waals surface area contributed by atoms with Crippen molar-refractivity contribution in [1.29, 1.82) is 0 Å². The van der Waals surface area contributed by atoms with E-state index in [4.69, 9.17) is 21.1 Å². The monoisotopic (exact) mass is 358 g/mol. The van der Waals surface area contributed by atoms with Crippen LogP contribution in [0.15, 0.2) is 48.6 Å². The van der Waals surface area contributed by atoms with Gasteiger partial charge in [0.2, 0.25) is 0 Å². The predicted octanol–water partition coefficient (Wildman–Crippen LogP) is 5.02. The Hall–Kier alpha value is -2.59. The van der Waals surface area contributed by atoms with Gasteiger partial charge >= 0.3 is 11.9 Å². The van der Waals surface area contributed by atoms with E-state index in [1.165, 1.54) is 0 Å². The Morgan fingerprint density at radius 3 is 2.16 bits per heavy atom. The van der Waals surface area contributed by atoms with Crippen molar-refractivity contribution in [3.8, 4) is 11.5 Å². The second kappa shape index (κ2) is 7.53. The number of carbonyl (C=O) groups excluding carboxylic acids is 2. The average molecular weight is 359 g/mol. The van der Waals surface area contributed by atoms with Crippen LogP contribution in [0, 0.1) is 0 Å². The van der Waals surface area contributed by atoms with Crippen molar-refractivity contribution in [3.63, 3.8) is 0 Å². The van der Waals surface area contributed by atoms with Gasteiger partial charge in [-0.3, -0.25) is 0 Å². The summed E-state index contributed by atoms with van der Waals surface area (Å²) in [5.41, 5.74) is 1.31. The van der Waals surface area contributed by atoms with E-state index in [0.29, 0.717) is 39.3 Å². The molecule has 0 heterocycles. The molecule has 0 aliphatic heterocycles. The Morgan fingerprint density at radius 2 is 1.60 bits per heavy atom. The Morgan fingerprint density at radius 1 is 1.00 bits per heavy atom. The fourth-order valence-corrected chi connectivity index (χ4v) is 2.40. The molecule has 0 saturated carbocycles. The van der Waals surface area contributed by atoms with E-state index in [0.717, 1.165) is 5.56 Å². The lowest BCUT2D eigenvalue weighted by Gasteiger charge is -2.16. The number of rotatable bonds is 5. The summed E-state index contributed by atoms with van der Waals surface area (Å²) < 4.78 is 11.0. The topological polar surface area (TPSA) is 52.6 Å². The Labute approximate surface area is 151 Å². The first-order chi connectivity index (χ1) is 11.7. The van der Waals surface area contributed by atoms with Crippen LogP contribution in [0.5, 0.6) is 11.5 Å². The van der Waals surface area contributed by atoms with Crippen LogP contribution < -0.4 is 9.47 Å². The van der Waals surface area contributed by atoms with Gasteiger partial charge in [0.15, 0.2) is 0 Å². The summed E-state index contributed by atoms with van der Waals surface area (Å²) in [5.74, 6) is -0.289. The number of esters is 2. The number of fused-ring (bicyclic) bond motifs is 1. The Kier molecular flexibility index (Phi) is 5.65. The van der Waals surface area contributed by atoms with E-state index < -0.39 is 11.9 Å². The maximum atomic E-state index is 12.0. The molecule has 0 fully saturated rings. The van der Waals surface area contributed by atoms with E-state index in [1.807, 2.05) is 6.92 Å². The first-order valence-corrected chi connectivity index (χ1v) is 8.12. The van der Waals surface area contributed by atoms with Crippen LogP contribution in [0.3, 0.4) is 0 Å². The number of hydrogen-bond donors (Lipinski definition) is 0. The molecule has 4 nitrogen and oxygen atoms in total. The molecule has 2 aromatic rings. The molecule has 2 rings (SSSR count). The van der Waals surface area contributed by atoms with E-state index in [9.17, 15) is 9.59 Å². The quantitative estimate of drug-likeness (QED) is 0.428. The molecule has 2 aromatic carbocycles. The van der Waals surface area contributed by atoms with E-state index in [1.54, 1.807) is 38.1 Å². The SMILES string of the molecule is C=C(C)C(=O)Oc1cc(CC)c(OC(=O)C(=C)C)c2ccc(Cl)cc12. The maximum absolute atomic E-state index is 12.0. The summed E-state index contributed by atoms with van der Waals surface area (Å²) in [6.45, 7) is 12.3. The van der Waals surface area contributed by atoms with Crippen molar-refractivity contribution >= 4 is 34.3 Å². The van der Waals surface area contributed by atoms with Gasteiger partial charge in [-0.25, -0.2) is 9.59 Å². The van der Waals surface area contributed by atoms with Crippen molar-refractivity contribution in [2.24, 2.45) is 0 Å². The summed E-state index contributed by atoms with van der Waals surface area (Å²) in [7, 11) is 0. The van der Waals surface area contributed by atoms with Crippen LogP contribution in [0.25, 0.3) is 10.8 Å². The summed E-state index contributed by atoms with van der Waals surface area (Å²) in [6, 6.07) is 6.76. The van der Waals surface area contributed by atoms with Gasteiger partial charge in [0.25, 0.3) is 0 Å². The van der Waals surface area contributed by atoms with Crippen molar-refractivity contribution in [3.05, 3.63) is 59.2 Å². The van der Waals surface area contributed by atoms with Crippen molar-refractivity contribution in [2.75, 3.05) is 0 Å². The number of benzene rings is 2. The minimum absolute atomic E-state index is 0.283. The van der Waals surface area contributed by atoms with Gasteiger partial charge in [0.05, 0.1) is 0 Å². The van der Waals surface area contributed by atoms with Crippen molar-refractivity contribution in [2.45, 2.75) is 27.2 Å². The fraction of sp³-hybridized carbons (Fsp3) is 0.200. The molecule has 25 heavy (non-hydrogen) atoms. The van der Waals surface area contributed by atoms with Gasteiger partial charge in [-0.2, -0.15) is 0 Å². The van der Waals surface area contributed by atoms with Gasteiger partial charge in [-0.05, 0) is 50.1 Å². The number of halogens is 1. The standard InChI is InChI=1S/C20H19ClO4/c1-6-13-9-17(24-19(22)11(2)3)16-10-14(21)7-8-15(16)18(13)25-20(23)12(4)5/h7-10H,2,4,6H2,1,3,5H3. The van der Waals surface area contributed by atoms with E-state index in [2.05, 4.69) is 13.2 Å². The second-order valence-corrected chi connectivity index (χ2v) is 6.18. The normalized spacial score (nSPS) is 10.4. The summed E-state index contributed by atoms with van der Waals surface area (Å²) in [6.07, 6.45) is 0.578. The molecule has 0 N–H and O–H groups in total. The minimum atomic E-state index is -0.532. The highest BCUT2D eigenvalue weighted by Crippen LogP contribution is 2.39. The highest BCUT2D eigenvalue weighted by molar-refractivity contribution is 6.31. The van der Waals surface area contributed by atoms with Crippen molar-refractivity contribution < 1.29 is 19.1 Å². The number of ether oxygens (including phenoxy) is 2. The summed E-state index contributed by atoms with van der Waals surface area (Å²) in [4.78, 5) is 23.9. The van der Waals surface area contributed by atoms with E-state index in [-0.39, 0.29) is 5.57 Å². The van der Waals surface area contributed by atoms with Gasteiger partial charge in [0.1, 0.15) is 11.5 Å². The third-order valence-corrected chi connectivity index (χ3v) is 3.80. The molecule has 0 aromatic heterocycles. The van der Waals surface area contributed by atoms with Crippen LogP contribution in [0.2, 0.25) is 5.02 Å². The summed E-state index contributed by atoms with van der Waals surface area (Å²) in [5, 5.41) is 1.67. The van der Waals surface area contributed by atoms with E-state index >= 15 is 0 Å². The highest BCUT2D eigenvalue weighted by atomic mass is 35.5. The van der Waals surface area contributed by atoms with Gasteiger partial charge in [-0.15, -0.1) is 0 Å². The highest BCUT2D eigenvalue weighted by Gasteiger charge is 2.19. The molecule has 0 unspecified atom stereocenters. The Balaban J connectivity index is 2.70. The van der Waals surface area contributed by atoms with Gasteiger partial charge in [-0.1, -0.05) is 31.7 Å². The maximum Gasteiger partial charge on any atom is 0.338 e. The lowest BCUT2D eigenvalue weighted by Crippen LogP contribution is -2.12. The average Bonchev–Trinajstić information content (AvgIpc) is 2.56. The van der Waals surface area contributed by atoms with Crippen molar-refractivity contribution in [1.82, 2.24) is 0 Å². The zero-order valence-electron chi connectivity index (χ0n) is 14.4. The molecule has 0 aliphatic rings. The number of aryl methyl sites for hydroxylation is 1. The van der Waals surface area contributed by atoms with Crippen LogP contribution in [-0.2, 0) is 16.0 Å². The lowest BCUT2D eigenvalue weighted by atomic mass is 10.0. The first-order valence-electron chi connectivity index (χ1n) is 7.75. The second-order valence-electron chi connectivity index (χ2n) is 5.75. The predicted molar refractivity (Wildman–Crippen MR) is 99.2 cm³/mol. The molecule has 130 valence electrons. The van der Waals surface area contributed by atoms with Crippen LogP contribution >= 0.6 is 11.6 Å². The molecular weight excluding hydrogens is 340 g/mol. The molecule has 0 radical (unpaired) electrons. The third-order valence-electron chi connectivity index (χ3n) is 3.56.